The van der Waals surface area contributed by atoms with Crippen molar-refractivity contribution < 1.29 is 4.79 Å². The summed E-state index contributed by atoms with van der Waals surface area (Å²) in [6.07, 6.45) is 5.17. The smallest absolute Gasteiger partial charge is 0.120 e. The number of aldehydes is 1. The number of aromatic nitrogens is 4. The number of H-pyrrole nitrogens is 2. The summed E-state index contributed by atoms with van der Waals surface area (Å²) >= 11 is 0. The molecule has 0 saturated heterocycles. The van der Waals surface area contributed by atoms with E-state index in [1.54, 1.807) is 0 Å². The zero-order valence-electron chi connectivity index (χ0n) is 22.7. The van der Waals surface area contributed by atoms with Gasteiger partial charge in [-0.3, -0.25) is 4.98 Å². The van der Waals surface area contributed by atoms with E-state index in [1.807, 2.05) is 6.08 Å². The lowest BCUT2D eigenvalue weighted by atomic mass is 9.86. The van der Waals surface area contributed by atoms with Crippen molar-refractivity contribution in [2.24, 2.45) is 0 Å². The first kappa shape index (κ1) is 24.9. The predicted octanol–water partition coefficient (Wildman–Crippen LogP) is 8.09. The minimum absolute atomic E-state index is 0.191. The summed E-state index contributed by atoms with van der Waals surface area (Å²) in [6, 6.07) is 8.71. The maximum absolute atomic E-state index is 11.3. The van der Waals surface area contributed by atoms with Gasteiger partial charge in [-0.1, -0.05) is 26.5 Å². The first-order valence-corrected chi connectivity index (χ1v) is 13.3. The molecule has 0 radical (unpaired) electrons. The number of hydrogen-bond acceptors (Lipinski definition) is 3. The minimum Gasteiger partial charge on any atom is -0.355 e. The third-order valence-corrected chi connectivity index (χ3v) is 8.28. The Kier molecular flexibility index (Phi) is 6.49. The Balaban J connectivity index is 1.94. The normalized spacial score (nSPS) is 17.4. The largest absolute Gasteiger partial charge is 0.355 e. The number of carbonyl (C=O) groups is 1. The maximum atomic E-state index is 11.3. The Morgan fingerprint density at radius 3 is 2.32 bits per heavy atom. The Labute approximate surface area is 218 Å². The molecule has 2 atom stereocenters. The molecule has 5 heterocycles. The van der Waals surface area contributed by atoms with Crippen LogP contribution in [0.4, 0.5) is 0 Å². The first-order chi connectivity index (χ1) is 17.8. The lowest BCUT2D eigenvalue weighted by molar-refractivity contribution is -0.108. The minimum atomic E-state index is 0.191. The SMILES string of the molecule is C=Cc1c(C)c2cc3nc(c(C)c4cc(C)c(cc5nc(cc1[nH]2)C(C)=C5CC)[nH]4)[C@@H](CCC=O)C3C. The van der Waals surface area contributed by atoms with E-state index in [2.05, 4.69) is 82.4 Å². The Hall–Kier alpha value is -3.73. The van der Waals surface area contributed by atoms with Gasteiger partial charge in [-0.25, -0.2) is 4.98 Å². The van der Waals surface area contributed by atoms with Gasteiger partial charge in [0.2, 0.25) is 0 Å². The number of aromatic amines is 2. The molecular weight excluding hydrogens is 456 g/mol. The van der Waals surface area contributed by atoms with Crippen LogP contribution < -0.4 is 0 Å². The second kappa shape index (κ2) is 9.62. The molecule has 0 saturated carbocycles. The first-order valence-electron chi connectivity index (χ1n) is 13.3. The van der Waals surface area contributed by atoms with Crippen LogP contribution in [0.25, 0.3) is 39.3 Å². The molecule has 3 aromatic rings. The summed E-state index contributed by atoms with van der Waals surface area (Å²) in [7, 11) is 0. The molecule has 0 fully saturated rings. The molecule has 5 heteroatoms. The number of fused-ring (bicyclic) bond motifs is 8. The quantitative estimate of drug-likeness (QED) is 0.353. The summed E-state index contributed by atoms with van der Waals surface area (Å²) in [6.45, 7) is 17.1. The second-order valence-electron chi connectivity index (χ2n) is 10.4. The highest BCUT2D eigenvalue weighted by molar-refractivity contribution is 5.93. The van der Waals surface area contributed by atoms with Crippen molar-refractivity contribution in [3.8, 4) is 0 Å². The fourth-order valence-electron chi connectivity index (χ4n) is 5.92. The third kappa shape index (κ3) is 4.16. The number of nitrogens with zero attached hydrogens (tertiary/aromatic N) is 2. The Morgan fingerprint density at radius 2 is 1.62 bits per heavy atom. The van der Waals surface area contributed by atoms with E-state index in [0.717, 1.165) is 80.7 Å². The number of hydrogen-bond donors (Lipinski definition) is 2. The fourth-order valence-corrected chi connectivity index (χ4v) is 5.92. The van der Waals surface area contributed by atoms with Crippen molar-refractivity contribution in [2.75, 3.05) is 0 Å². The maximum Gasteiger partial charge on any atom is 0.120 e. The van der Waals surface area contributed by atoms with Crippen LogP contribution in [0.2, 0.25) is 0 Å². The number of nitrogens with one attached hydrogen (secondary N) is 2. The highest BCUT2D eigenvalue weighted by Crippen LogP contribution is 2.41. The van der Waals surface area contributed by atoms with Crippen molar-refractivity contribution in [1.82, 2.24) is 19.9 Å². The molecule has 0 spiro atoms. The molecule has 3 aromatic heterocycles. The van der Waals surface area contributed by atoms with Crippen LogP contribution in [0, 0.1) is 20.8 Å². The highest BCUT2D eigenvalue weighted by atomic mass is 16.1. The van der Waals surface area contributed by atoms with Crippen molar-refractivity contribution >= 4 is 45.6 Å². The fraction of sp³-hybridized carbons (Fsp3) is 0.344. The molecule has 2 N–H and O–H groups in total. The highest BCUT2D eigenvalue weighted by Gasteiger charge is 2.30. The van der Waals surface area contributed by atoms with Gasteiger partial charge in [0.15, 0.2) is 0 Å². The third-order valence-electron chi connectivity index (χ3n) is 8.28. The number of rotatable bonds is 5. The van der Waals surface area contributed by atoms with Gasteiger partial charge >= 0.3 is 0 Å². The van der Waals surface area contributed by atoms with Crippen molar-refractivity contribution in [1.29, 1.82) is 0 Å². The Morgan fingerprint density at radius 1 is 0.919 bits per heavy atom. The molecule has 0 amide bonds. The Bertz CT molecular complexity index is 1620. The molecule has 2 aliphatic heterocycles. The van der Waals surface area contributed by atoms with E-state index in [-0.39, 0.29) is 11.8 Å². The summed E-state index contributed by atoms with van der Waals surface area (Å²) in [5.41, 5.74) is 15.3. The topological polar surface area (TPSA) is 74.4 Å². The molecule has 0 aromatic carbocycles. The van der Waals surface area contributed by atoms with Crippen LogP contribution in [-0.4, -0.2) is 26.2 Å². The average molecular weight is 493 g/mol. The molecule has 1 unspecified atom stereocenters. The van der Waals surface area contributed by atoms with Crippen molar-refractivity contribution in [2.45, 2.75) is 72.6 Å². The van der Waals surface area contributed by atoms with E-state index in [1.165, 1.54) is 16.7 Å². The van der Waals surface area contributed by atoms with E-state index in [4.69, 9.17) is 9.97 Å². The lowest BCUT2D eigenvalue weighted by Gasteiger charge is -2.15. The van der Waals surface area contributed by atoms with Gasteiger partial charge in [0, 0.05) is 57.3 Å². The predicted molar refractivity (Wildman–Crippen MR) is 155 cm³/mol. The molecule has 5 nitrogen and oxygen atoms in total. The zero-order valence-corrected chi connectivity index (χ0v) is 22.7. The molecule has 8 bridgehead atoms. The van der Waals surface area contributed by atoms with Crippen LogP contribution in [0.15, 0.2) is 30.8 Å². The zero-order chi connectivity index (χ0) is 26.4. The summed E-state index contributed by atoms with van der Waals surface area (Å²) in [5.74, 6) is 0.398. The van der Waals surface area contributed by atoms with Crippen LogP contribution in [0.3, 0.4) is 0 Å². The number of aryl methyl sites for hydroxylation is 3. The molecule has 37 heavy (non-hydrogen) atoms. The average Bonchev–Trinajstić information content (AvgIpc) is 3.57. The lowest BCUT2D eigenvalue weighted by Crippen LogP contribution is -2.04. The van der Waals surface area contributed by atoms with Gasteiger partial charge in [0.05, 0.1) is 11.4 Å². The second-order valence-corrected chi connectivity index (χ2v) is 10.4. The number of carbonyl (C=O) groups excluding carboxylic acids is 1. The molecule has 2 aliphatic rings. The summed E-state index contributed by atoms with van der Waals surface area (Å²) in [4.78, 5) is 28.8. The summed E-state index contributed by atoms with van der Waals surface area (Å²) < 4.78 is 0. The van der Waals surface area contributed by atoms with Gasteiger partial charge in [-0.15, -0.1) is 0 Å². The van der Waals surface area contributed by atoms with E-state index < -0.39 is 0 Å². The van der Waals surface area contributed by atoms with Gasteiger partial charge in [0.25, 0.3) is 0 Å². The van der Waals surface area contributed by atoms with Crippen LogP contribution >= 0.6 is 0 Å². The van der Waals surface area contributed by atoms with Crippen LogP contribution in [-0.2, 0) is 4.79 Å². The summed E-state index contributed by atoms with van der Waals surface area (Å²) in [5, 5.41) is 0. The van der Waals surface area contributed by atoms with Crippen molar-refractivity contribution in [3.63, 3.8) is 0 Å². The van der Waals surface area contributed by atoms with Gasteiger partial charge in [-0.2, -0.15) is 0 Å². The molecule has 5 rings (SSSR count). The van der Waals surface area contributed by atoms with Crippen LogP contribution in [0.5, 0.6) is 0 Å². The standard InChI is InChI=1S/C32H36N4O/c1-8-22-19(5)28-16-31-23(9-2)18(4)27(34-31)15-29-20(6)24(11-10-12-37)32(36-29)21(7)26-13-17(3)25(33-26)14-30(22)35-28/h9,12-16,20,24,33-34H,2,8,10-11H2,1,3-7H3/t20?,24-/m0/s1. The molecular formula is C32H36N4O. The van der Waals surface area contributed by atoms with E-state index in [9.17, 15) is 4.79 Å². The van der Waals surface area contributed by atoms with Gasteiger partial charge < -0.3 is 14.8 Å². The number of allylic oxidation sites excluding steroid dienone is 2. The molecule has 190 valence electrons. The van der Waals surface area contributed by atoms with E-state index in [0.29, 0.717) is 6.42 Å². The van der Waals surface area contributed by atoms with E-state index >= 15 is 0 Å². The monoisotopic (exact) mass is 492 g/mol. The van der Waals surface area contributed by atoms with Gasteiger partial charge in [0.1, 0.15) is 6.29 Å². The molecule has 0 aliphatic carbocycles. The van der Waals surface area contributed by atoms with Gasteiger partial charge in [-0.05, 0) is 92.6 Å². The van der Waals surface area contributed by atoms with Crippen LogP contribution in [0.1, 0.15) is 96.9 Å². The van der Waals surface area contributed by atoms with Crippen molar-refractivity contribution in [3.05, 3.63) is 75.9 Å².